The lowest BCUT2D eigenvalue weighted by Crippen LogP contribution is -2.18. The molecule has 0 atom stereocenters. The fourth-order valence-corrected chi connectivity index (χ4v) is 4.16. The third-order valence-electron chi connectivity index (χ3n) is 4.47. The Labute approximate surface area is 173 Å². The Kier molecular flexibility index (Phi) is 9.81. The number of rotatable bonds is 11. The first-order chi connectivity index (χ1) is 13.3. The van der Waals surface area contributed by atoms with E-state index in [-0.39, 0.29) is 30.0 Å². The van der Waals surface area contributed by atoms with Crippen molar-refractivity contribution < 1.29 is 22.7 Å². The molecule has 0 saturated heterocycles. The molecule has 0 aromatic heterocycles. The molecule has 0 unspecified atom stereocenters. The summed E-state index contributed by atoms with van der Waals surface area (Å²) in [5.41, 5.74) is 0.395. The van der Waals surface area contributed by atoms with E-state index < -0.39 is 21.8 Å². The van der Waals surface area contributed by atoms with Crippen molar-refractivity contribution in [3.8, 4) is 11.1 Å². The van der Waals surface area contributed by atoms with Crippen LogP contribution in [-0.4, -0.2) is 25.2 Å². The molecule has 2 N–H and O–H groups in total. The predicted molar refractivity (Wildman–Crippen MR) is 116 cm³/mol. The van der Waals surface area contributed by atoms with Crippen molar-refractivity contribution in [3.63, 3.8) is 0 Å². The number of hydrogen-bond acceptors (Lipinski definition) is 3. The summed E-state index contributed by atoms with van der Waals surface area (Å²) in [5, 5.41) is 9.47. The molecule has 0 aliphatic rings. The van der Waals surface area contributed by atoms with Crippen LogP contribution < -0.4 is 4.72 Å². The molecule has 0 amide bonds. The highest BCUT2D eigenvalue weighted by atomic mass is 32.2. The van der Waals surface area contributed by atoms with E-state index in [1.54, 1.807) is 18.2 Å². The summed E-state index contributed by atoms with van der Waals surface area (Å²) in [4.78, 5) is 11.6. The molecule has 0 spiro atoms. The molecular formula is C22H30FNO4S. The number of aromatic carboxylic acids is 1. The van der Waals surface area contributed by atoms with Gasteiger partial charge in [0.15, 0.2) is 0 Å². The largest absolute Gasteiger partial charge is 0.478 e. The van der Waals surface area contributed by atoms with E-state index in [2.05, 4.69) is 11.6 Å². The molecule has 160 valence electrons. The topological polar surface area (TPSA) is 83.5 Å². The molecule has 0 heterocycles. The Balaban J connectivity index is 0.00000420. The maximum absolute atomic E-state index is 14.0. The average Bonchev–Trinajstić information content (AvgIpc) is 2.65. The van der Waals surface area contributed by atoms with Crippen LogP contribution in [-0.2, 0) is 10.0 Å². The first-order valence-electron chi connectivity index (χ1n) is 9.47. The highest BCUT2D eigenvalue weighted by Crippen LogP contribution is 2.28. The van der Waals surface area contributed by atoms with Crippen LogP contribution in [0.4, 0.5) is 10.1 Å². The Morgan fingerprint density at radius 1 is 1.03 bits per heavy atom. The summed E-state index contributed by atoms with van der Waals surface area (Å²) in [6.45, 7) is 2.12. The van der Waals surface area contributed by atoms with Crippen molar-refractivity contribution in [1.29, 1.82) is 0 Å². The first kappa shape index (κ1) is 24.6. The lowest BCUT2D eigenvalue weighted by Gasteiger charge is -2.12. The smallest absolute Gasteiger partial charge is 0.337 e. The molecule has 29 heavy (non-hydrogen) atoms. The molecule has 2 rings (SSSR count). The summed E-state index contributed by atoms with van der Waals surface area (Å²) < 4.78 is 40.9. The van der Waals surface area contributed by atoms with Crippen LogP contribution in [0.5, 0.6) is 0 Å². The van der Waals surface area contributed by atoms with Gasteiger partial charge in [-0.2, -0.15) is 0 Å². The normalized spacial score (nSPS) is 11.0. The fourth-order valence-electron chi connectivity index (χ4n) is 2.96. The standard InChI is InChI=1S/C21H26FNO4S.CH4/c1-2-3-4-5-6-9-14-28(26,27)23-20-13-12-16(15-18(20)21(24)25)17-10-7-8-11-19(17)22;/h7-8,10-13,15,23H,2-6,9,14H2,1H3,(H,24,25);1H4. The SMILES string of the molecule is C.CCCCCCCCS(=O)(=O)Nc1ccc(-c2ccccc2F)cc1C(=O)O. The summed E-state index contributed by atoms with van der Waals surface area (Å²) >= 11 is 0. The monoisotopic (exact) mass is 423 g/mol. The van der Waals surface area contributed by atoms with Crippen LogP contribution in [0, 0.1) is 5.82 Å². The number of unbranched alkanes of at least 4 members (excludes halogenated alkanes) is 5. The molecular weight excluding hydrogens is 393 g/mol. The summed E-state index contributed by atoms with van der Waals surface area (Å²) in [5.74, 6) is -1.82. The molecule has 7 heteroatoms. The van der Waals surface area contributed by atoms with Gasteiger partial charge in [0.2, 0.25) is 10.0 Å². The van der Waals surface area contributed by atoms with Crippen molar-refractivity contribution >= 4 is 21.7 Å². The minimum Gasteiger partial charge on any atom is -0.478 e. The van der Waals surface area contributed by atoms with Gasteiger partial charge in [0.05, 0.1) is 17.0 Å². The van der Waals surface area contributed by atoms with Gasteiger partial charge >= 0.3 is 5.97 Å². The Morgan fingerprint density at radius 3 is 2.34 bits per heavy atom. The van der Waals surface area contributed by atoms with Crippen molar-refractivity contribution in [1.82, 2.24) is 0 Å². The molecule has 0 saturated carbocycles. The Morgan fingerprint density at radius 2 is 1.69 bits per heavy atom. The second kappa shape index (κ2) is 11.6. The molecule has 0 radical (unpaired) electrons. The minimum absolute atomic E-state index is 0. The number of carboxylic acids is 1. The van der Waals surface area contributed by atoms with E-state index in [0.29, 0.717) is 12.0 Å². The summed E-state index contributed by atoms with van der Waals surface area (Å²) in [7, 11) is -3.66. The van der Waals surface area contributed by atoms with Gasteiger partial charge in [-0.05, 0) is 30.2 Å². The number of nitrogens with one attached hydrogen (secondary N) is 1. The number of benzene rings is 2. The van der Waals surface area contributed by atoms with Crippen molar-refractivity contribution in [2.75, 3.05) is 10.5 Å². The summed E-state index contributed by atoms with van der Waals surface area (Å²) in [6.07, 6.45) is 5.68. The van der Waals surface area contributed by atoms with Crippen molar-refractivity contribution in [2.45, 2.75) is 52.9 Å². The Hall–Kier alpha value is -2.41. The van der Waals surface area contributed by atoms with Gasteiger partial charge < -0.3 is 5.11 Å². The van der Waals surface area contributed by atoms with E-state index in [1.165, 1.54) is 24.3 Å². The van der Waals surface area contributed by atoms with Crippen LogP contribution in [0.3, 0.4) is 0 Å². The lowest BCUT2D eigenvalue weighted by atomic mass is 10.0. The molecule has 2 aromatic carbocycles. The maximum atomic E-state index is 14.0. The molecule has 5 nitrogen and oxygen atoms in total. The molecule has 2 aromatic rings. The van der Waals surface area contributed by atoms with Gasteiger partial charge in [-0.15, -0.1) is 0 Å². The number of carbonyl (C=O) groups is 1. The molecule has 0 fully saturated rings. The average molecular weight is 424 g/mol. The van der Waals surface area contributed by atoms with Gasteiger partial charge in [-0.3, -0.25) is 4.72 Å². The van der Waals surface area contributed by atoms with Gasteiger partial charge in [0.1, 0.15) is 5.82 Å². The number of anilines is 1. The minimum atomic E-state index is -3.66. The van der Waals surface area contributed by atoms with Crippen LogP contribution >= 0.6 is 0 Å². The van der Waals surface area contributed by atoms with Gasteiger partial charge in [-0.25, -0.2) is 17.6 Å². The predicted octanol–water partition coefficient (Wildman–Crippen LogP) is 5.93. The zero-order valence-corrected chi connectivity index (χ0v) is 16.8. The lowest BCUT2D eigenvalue weighted by molar-refractivity contribution is 0.0698. The number of hydrogen-bond donors (Lipinski definition) is 2. The zero-order valence-electron chi connectivity index (χ0n) is 15.9. The Bertz CT molecular complexity index is 913. The van der Waals surface area contributed by atoms with E-state index in [4.69, 9.17) is 0 Å². The van der Waals surface area contributed by atoms with E-state index in [9.17, 15) is 22.7 Å². The maximum Gasteiger partial charge on any atom is 0.337 e. The third kappa shape index (κ3) is 7.49. The van der Waals surface area contributed by atoms with Crippen LogP contribution in [0.1, 0.15) is 63.2 Å². The van der Waals surface area contributed by atoms with Gasteiger partial charge in [0.25, 0.3) is 0 Å². The zero-order chi connectivity index (χ0) is 20.6. The van der Waals surface area contributed by atoms with Crippen molar-refractivity contribution in [2.24, 2.45) is 0 Å². The number of carboxylic acid groups (broad SMARTS) is 1. The quantitative estimate of drug-likeness (QED) is 0.439. The molecule has 0 aliphatic carbocycles. The second-order valence-corrected chi connectivity index (χ2v) is 8.58. The van der Waals surface area contributed by atoms with Crippen LogP contribution in [0.25, 0.3) is 11.1 Å². The summed E-state index contributed by atoms with van der Waals surface area (Å²) in [6, 6.07) is 10.2. The molecule has 0 bridgehead atoms. The van der Waals surface area contributed by atoms with Gasteiger partial charge in [-0.1, -0.05) is 70.7 Å². The van der Waals surface area contributed by atoms with Gasteiger partial charge in [0, 0.05) is 5.56 Å². The van der Waals surface area contributed by atoms with E-state index in [0.717, 1.165) is 32.1 Å². The second-order valence-electron chi connectivity index (χ2n) is 6.73. The third-order valence-corrected chi connectivity index (χ3v) is 5.82. The van der Waals surface area contributed by atoms with Crippen LogP contribution in [0.2, 0.25) is 0 Å². The van der Waals surface area contributed by atoms with E-state index in [1.807, 2.05) is 0 Å². The molecule has 0 aliphatic heterocycles. The van der Waals surface area contributed by atoms with E-state index >= 15 is 0 Å². The van der Waals surface area contributed by atoms with Crippen LogP contribution in [0.15, 0.2) is 42.5 Å². The fraction of sp³-hybridized carbons (Fsp3) is 0.409. The number of halogens is 1. The first-order valence-corrected chi connectivity index (χ1v) is 11.1. The number of sulfonamides is 1. The highest BCUT2D eigenvalue weighted by Gasteiger charge is 2.18. The highest BCUT2D eigenvalue weighted by molar-refractivity contribution is 7.92. The van der Waals surface area contributed by atoms with Crippen molar-refractivity contribution in [3.05, 3.63) is 53.8 Å².